The van der Waals surface area contributed by atoms with Gasteiger partial charge in [-0.25, -0.2) is 4.79 Å². The Kier molecular flexibility index (Phi) is 17.3. The van der Waals surface area contributed by atoms with Crippen molar-refractivity contribution in [2.24, 2.45) is 17.6 Å². The fourth-order valence-corrected chi connectivity index (χ4v) is 4.17. The molecule has 1 amide bonds. The van der Waals surface area contributed by atoms with Gasteiger partial charge in [0.05, 0.1) is 6.10 Å². The number of esters is 1. The van der Waals surface area contributed by atoms with Gasteiger partial charge in [-0.3, -0.25) is 4.79 Å². The van der Waals surface area contributed by atoms with Crippen LogP contribution in [-0.2, 0) is 23.9 Å². The third kappa shape index (κ3) is 14.0. The lowest BCUT2D eigenvalue weighted by Gasteiger charge is -2.31. The summed E-state index contributed by atoms with van der Waals surface area (Å²) in [4.78, 5) is 46.4. The summed E-state index contributed by atoms with van der Waals surface area (Å²) in [5.74, 6) is -1.46. The number of nitrogens with two attached hydrogens (primary N) is 1. The smallest absolute Gasteiger partial charge is 0.331 e. The molecule has 0 aliphatic rings. The second-order valence-electron chi connectivity index (χ2n) is 9.21. The number of carbonyl (C=O) groups excluding carboxylic acids is 4. The van der Waals surface area contributed by atoms with E-state index in [1.165, 1.54) is 6.92 Å². The first-order valence-corrected chi connectivity index (χ1v) is 12.5. The average molecular weight is 468 g/mol. The van der Waals surface area contributed by atoms with Gasteiger partial charge < -0.3 is 25.2 Å². The summed E-state index contributed by atoms with van der Waals surface area (Å²) in [7, 11) is 0. The topological polar surface area (TPSA) is 124 Å². The zero-order valence-electron chi connectivity index (χ0n) is 20.6. The van der Waals surface area contributed by atoms with E-state index in [0.29, 0.717) is 6.42 Å². The van der Waals surface area contributed by atoms with E-state index in [2.05, 4.69) is 13.5 Å². The van der Waals surface area contributed by atoms with Gasteiger partial charge in [0.25, 0.3) is 5.91 Å². The molecular formula is C26H45NO6. The van der Waals surface area contributed by atoms with Crippen LogP contribution < -0.4 is 5.73 Å². The molecule has 3 N–H and O–H groups in total. The van der Waals surface area contributed by atoms with Crippen LogP contribution in [-0.4, -0.2) is 41.3 Å². The third-order valence-corrected chi connectivity index (χ3v) is 6.16. The number of amides is 1. The molecule has 33 heavy (non-hydrogen) atoms. The van der Waals surface area contributed by atoms with Crippen LogP contribution in [0.4, 0.5) is 0 Å². The van der Waals surface area contributed by atoms with Crippen LogP contribution >= 0.6 is 0 Å². The van der Waals surface area contributed by atoms with Crippen LogP contribution in [0.5, 0.6) is 0 Å². The summed E-state index contributed by atoms with van der Waals surface area (Å²) in [5.41, 5.74) is 3.98. The van der Waals surface area contributed by atoms with E-state index in [4.69, 9.17) is 10.5 Å². The lowest BCUT2D eigenvalue weighted by atomic mass is 9.88. The van der Waals surface area contributed by atoms with E-state index >= 15 is 0 Å². The van der Waals surface area contributed by atoms with Gasteiger partial charge in [-0.15, -0.1) is 0 Å². The fraction of sp³-hybridized carbons (Fsp3) is 0.769. The van der Waals surface area contributed by atoms with Gasteiger partial charge in [0.2, 0.25) is 0 Å². The van der Waals surface area contributed by atoms with E-state index in [1.54, 1.807) is 0 Å². The Morgan fingerprint density at radius 1 is 0.939 bits per heavy atom. The number of carbonyl (C=O) groups is 4. The van der Waals surface area contributed by atoms with E-state index in [1.807, 2.05) is 0 Å². The molecule has 0 aliphatic heterocycles. The molecule has 0 saturated carbocycles. The summed E-state index contributed by atoms with van der Waals surface area (Å²) in [6, 6.07) is 0. The molecular weight excluding hydrogens is 422 g/mol. The van der Waals surface area contributed by atoms with Crippen molar-refractivity contribution in [3.8, 4) is 0 Å². The summed E-state index contributed by atoms with van der Waals surface area (Å²) < 4.78 is 5.26. The zero-order chi connectivity index (χ0) is 25.1. The Bertz CT molecular complexity index is 591. The van der Waals surface area contributed by atoms with Crippen LogP contribution in [0.1, 0.15) is 104 Å². The number of unbranched alkanes of at least 4 members (excludes halogenated alkanes) is 6. The van der Waals surface area contributed by atoms with Crippen molar-refractivity contribution >= 4 is 24.4 Å². The van der Waals surface area contributed by atoms with Gasteiger partial charge in [-0.1, -0.05) is 58.4 Å². The van der Waals surface area contributed by atoms with Gasteiger partial charge in [0.15, 0.2) is 5.60 Å². The van der Waals surface area contributed by atoms with E-state index in [9.17, 15) is 24.3 Å². The number of hydrogen-bond acceptors (Lipinski definition) is 6. The van der Waals surface area contributed by atoms with Gasteiger partial charge in [0.1, 0.15) is 12.6 Å². The van der Waals surface area contributed by atoms with Gasteiger partial charge in [-0.05, 0) is 45.4 Å². The third-order valence-electron chi connectivity index (χ3n) is 6.16. The molecule has 7 heteroatoms. The van der Waals surface area contributed by atoms with E-state index < -0.39 is 23.6 Å². The minimum Gasteiger partial charge on any atom is -0.446 e. The summed E-state index contributed by atoms with van der Waals surface area (Å²) in [5, 5.41) is 9.75. The molecule has 0 bridgehead atoms. The maximum absolute atomic E-state index is 12.0. The molecule has 0 fully saturated rings. The van der Waals surface area contributed by atoms with Crippen molar-refractivity contribution in [2.75, 3.05) is 0 Å². The first-order chi connectivity index (χ1) is 15.7. The number of aliphatic hydroxyl groups is 1. The highest BCUT2D eigenvalue weighted by Gasteiger charge is 2.41. The minimum atomic E-state index is -1.53. The normalized spacial score (nSPS) is 15.6. The van der Waals surface area contributed by atoms with Crippen LogP contribution in [0.25, 0.3) is 0 Å². The molecule has 4 unspecified atom stereocenters. The first kappa shape index (κ1) is 31.0. The Morgan fingerprint density at radius 3 is 1.91 bits per heavy atom. The lowest BCUT2D eigenvalue weighted by molar-refractivity contribution is -0.167. The lowest BCUT2D eigenvalue weighted by Crippen LogP contribution is -2.49. The Balaban J connectivity index is 4.34. The number of hydrogen-bond donors (Lipinski definition) is 2. The molecule has 0 aromatic heterocycles. The van der Waals surface area contributed by atoms with Crippen LogP contribution in [0.15, 0.2) is 12.7 Å². The molecule has 0 aromatic carbocycles. The monoisotopic (exact) mass is 467 g/mol. The fourth-order valence-electron chi connectivity index (χ4n) is 4.17. The quantitative estimate of drug-likeness (QED) is 0.105. The van der Waals surface area contributed by atoms with Crippen LogP contribution in [0.3, 0.4) is 0 Å². The van der Waals surface area contributed by atoms with E-state index in [0.717, 1.165) is 89.3 Å². The maximum atomic E-state index is 12.0. The summed E-state index contributed by atoms with van der Waals surface area (Å²) in [6.07, 6.45) is 13.2. The molecule has 4 atom stereocenters. The van der Waals surface area contributed by atoms with E-state index in [-0.39, 0.29) is 24.7 Å². The predicted molar refractivity (Wildman–Crippen MR) is 129 cm³/mol. The highest BCUT2D eigenvalue weighted by atomic mass is 16.6. The first-order valence-electron chi connectivity index (χ1n) is 12.5. The maximum Gasteiger partial charge on any atom is 0.331 e. The molecule has 0 aromatic rings. The Morgan fingerprint density at radius 2 is 1.45 bits per heavy atom. The molecule has 0 saturated heterocycles. The van der Waals surface area contributed by atoms with Gasteiger partial charge >= 0.3 is 5.97 Å². The number of primary amides is 1. The highest BCUT2D eigenvalue weighted by Crippen LogP contribution is 2.27. The van der Waals surface area contributed by atoms with Crippen LogP contribution in [0, 0.1) is 11.8 Å². The predicted octanol–water partition coefficient (Wildman–Crippen LogP) is 4.43. The van der Waals surface area contributed by atoms with Gasteiger partial charge in [-0.2, -0.15) is 0 Å². The largest absolute Gasteiger partial charge is 0.446 e. The molecule has 0 heterocycles. The van der Waals surface area contributed by atoms with Crippen molar-refractivity contribution in [2.45, 2.75) is 115 Å². The minimum absolute atomic E-state index is 0.00880. The molecule has 0 rings (SSSR count). The molecule has 7 nitrogen and oxygen atoms in total. The molecule has 0 radical (unpaired) electrons. The SMILES string of the molecule is C=CC(=O)OC(CCCCCCCC(C=O)CCC(C=O)CCCCC)(CC(C)O)C(N)=O. The number of aldehydes is 2. The zero-order valence-corrected chi connectivity index (χ0v) is 20.6. The van der Waals surface area contributed by atoms with Gasteiger partial charge in [0, 0.05) is 24.3 Å². The summed E-state index contributed by atoms with van der Waals surface area (Å²) >= 11 is 0. The van der Waals surface area contributed by atoms with Crippen molar-refractivity contribution in [3.05, 3.63) is 12.7 Å². The second kappa shape index (κ2) is 18.4. The van der Waals surface area contributed by atoms with Crippen molar-refractivity contribution in [1.82, 2.24) is 0 Å². The standard InChI is InChI=1S/C26H45NO6/c1-4-6-10-13-22(19-28)15-16-23(20-29)14-11-8-7-9-12-17-26(25(27)32,18-21(3)30)33-24(31)5-2/h5,19-23,30H,2,4,6-18H2,1,3H3,(H2,27,32). The second-order valence-corrected chi connectivity index (χ2v) is 9.21. The number of ether oxygens (including phenoxy) is 1. The average Bonchev–Trinajstić information content (AvgIpc) is 2.78. The Labute approximate surface area is 199 Å². The summed E-state index contributed by atoms with van der Waals surface area (Å²) in [6.45, 7) is 7.01. The molecule has 0 aliphatic carbocycles. The molecule has 0 spiro atoms. The van der Waals surface area contributed by atoms with Crippen molar-refractivity contribution < 1.29 is 29.0 Å². The van der Waals surface area contributed by atoms with Crippen LogP contribution in [0.2, 0.25) is 0 Å². The number of aliphatic hydroxyl groups excluding tert-OH is 1. The Hall–Kier alpha value is -2.02. The number of rotatable bonds is 22. The molecule has 190 valence electrons. The van der Waals surface area contributed by atoms with Crippen molar-refractivity contribution in [1.29, 1.82) is 0 Å². The van der Waals surface area contributed by atoms with Crippen molar-refractivity contribution in [3.63, 3.8) is 0 Å². The highest BCUT2D eigenvalue weighted by molar-refractivity contribution is 5.89.